The highest BCUT2D eigenvalue weighted by molar-refractivity contribution is 7.89. The first-order valence-electron chi connectivity index (χ1n) is 8.66. The summed E-state index contributed by atoms with van der Waals surface area (Å²) in [5, 5.41) is 2.64. The molecule has 0 fully saturated rings. The van der Waals surface area contributed by atoms with Crippen molar-refractivity contribution in [1.29, 1.82) is 0 Å². The molecule has 146 valence electrons. The zero-order chi connectivity index (χ0) is 20.1. The minimum Gasteiger partial charge on any atom is -0.329 e. The van der Waals surface area contributed by atoms with Crippen LogP contribution < -0.4 is 15.8 Å². The molecule has 4 N–H and O–H groups in total. The van der Waals surface area contributed by atoms with Crippen molar-refractivity contribution < 1.29 is 17.6 Å². The van der Waals surface area contributed by atoms with Gasteiger partial charge in [0.15, 0.2) is 0 Å². The third-order valence-electron chi connectivity index (χ3n) is 4.62. The molecule has 0 spiro atoms. The van der Waals surface area contributed by atoms with Crippen molar-refractivity contribution in [3.8, 4) is 0 Å². The van der Waals surface area contributed by atoms with E-state index in [4.69, 9.17) is 5.73 Å². The van der Waals surface area contributed by atoms with Crippen LogP contribution in [-0.4, -0.2) is 26.4 Å². The Hall–Kier alpha value is -2.29. The van der Waals surface area contributed by atoms with Crippen LogP contribution in [0.2, 0.25) is 0 Å². The fourth-order valence-corrected chi connectivity index (χ4v) is 4.14. The molecule has 0 bridgehead atoms. The van der Waals surface area contributed by atoms with E-state index in [1.165, 1.54) is 48.5 Å². The summed E-state index contributed by atoms with van der Waals surface area (Å²) < 4.78 is 40.9. The SMILES string of the molecule is CCC(CC)(CN)NS(=O)(=O)c1ccc(NC(=O)c2ccc(F)cc2)cc1. The maximum Gasteiger partial charge on any atom is 0.255 e. The molecule has 0 aromatic heterocycles. The van der Waals surface area contributed by atoms with E-state index in [0.717, 1.165) is 0 Å². The van der Waals surface area contributed by atoms with Gasteiger partial charge in [0.1, 0.15) is 5.82 Å². The Morgan fingerprint density at radius 2 is 1.59 bits per heavy atom. The highest BCUT2D eigenvalue weighted by atomic mass is 32.2. The van der Waals surface area contributed by atoms with Crippen LogP contribution in [0.25, 0.3) is 0 Å². The average Bonchev–Trinajstić information content (AvgIpc) is 2.67. The number of hydrogen-bond acceptors (Lipinski definition) is 4. The van der Waals surface area contributed by atoms with Gasteiger partial charge in [-0.25, -0.2) is 17.5 Å². The number of nitrogens with two attached hydrogens (primary N) is 1. The number of benzene rings is 2. The van der Waals surface area contributed by atoms with Gasteiger partial charge < -0.3 is 11.1 Å². The Morgan fingerprint density at radius 1 is 1.04 bits per heavy atom. The quantitative estimate of drug-likeness (QED) is 0.642. The molecule has 0 radical (unpaired) electrons. The van der Waals surface area contributed by atoms with Gasteiger partial charge >= 0.3 is 0 Å². The number of rotatable bonds is 8. The molecule has 0 saturated carbocycles. The molecule has 0 aliphatic rings. The fourth-order valence-electron chi connectivity index (χ4n) is 2.59. The van der Waals surface area contributed by atoms with Crippen LogP contribution in [0, 0.1) is 5.82 Å². The normalized spacial score (nSPS) is 12.0. The van der Waals surface area contributed by atoms with Gasteiger partial charge in [0, 0.05) is 23.3 Å². The van der Waals surface area contributed by atoms with Crippen molar-refractivity contribution in [2.45, 2.75) is 37.1 Å². The van der Waals surface area contributed by atoms with Crippen molar-refractivity contribution in [3.63, 3.8) is 0 Å². The molecule has 8 heteroatoms. The van der Waals surface area contributed by atoms with E-state index in [0.29, 0.717) is 24.1 Å². The molecule has 0 aliphatic carbocycles. The molecule has 0 saturated heterocycles. The molecular formula is C19H24FN3O3S. The van der Waals surface area contributed by atoms with E-state index in [1.807, 2.05) is 13.8 Å². The van der Waals surface area contributed by atoms with Crippen molar-refractivity contribution in [3.05, 3.63) is 59.9 Å². The molecule has 2 aromatic carbocycles. The summed E-state index contributed by atoms with van der Waals surface area (Å²) in [7, 11) is -3.74. The molecule has 0 aliphatic heterocycles. The van der Waals surface area contributed by atoms with E-state index in [9.17, 15) is 17.6 Å². The summed E-state index contributed by atoms with van der Waals surface area (Å²) >= 11 is 0. The number of carbonyl (C=O) groups excluding carboxylic acids is 1. The second-order valence-electron chi connectivity index (χ2n) is 6.28. The van der Waals surface area contributed by atoms with Crippen molar-refractivity contribution in [2.24, 2.45) is 5.73 Å². The average molecular weight is 393 g/mol. The number of anilines is 1. The van der Waals surface area contributed by atoms with Gasteiger partial charge in [0.2, 0.25) is 10.0 Å². The lowest BCUT2D eigenvalue weighted by Gasteiger charge is -2.31. The van der Waals surface area contributed by atoms with E-state index in [-0.39, 0.29) is 11.4 Å². The number of amides is 1. The number of carbonyl (C=O) groups is 1. The molecule has 0 unspecified atom stereocenters. The van der Waals surface area contributed by atoms with E-state index in [2.05, 4.69) is 10.0 Å². The third-order valence-corrected chi connectivity index (χ3v) is 6.22. The summed E-state index contributed by atoms with van der Waals surface area (Å²) in [4.78, 5) is 12.2. The first-order chi connectivity index (χ1) is 12.7. The Balaban J connectivity index is 2.14. The van der Waals surface area contributed by atoms with Gasteiger partial charge in [-0.05, 0) is 61.4 Å². The smallest absolute Gasteiger partial charge is 0.255 e. The van der Waals surface area contributed by atoms with Crippen LogP contribution in [-0.2, 0) is 10.0 Å². The van der Waals surface area contributed by atoms with Crippen molar-refractivity contribution in [1.82, 2.24) is 4.72 Å². The third kappa shape index (κ3) is 5.12. The van der Waals surface area contributed by atoms with Gasteiger partial charge in [0.05, 0.1) is 4.90 Å². The second kappa shape index (κ2) is 8.60. The highest BCUT2D eigenvalue weighted by Crippen LogP contribution is 2.20. The maximum atomic E-state index is 12.9. The Bertz CT molecular complexity index is 869. The van der Waals surface area contributed by atoms with Crippen LogP contribution in [0.15, 0.2) is 53.4 Å². The predicted molar refractivity (Wildman–Crippen MR) is 103 cm³/mol. The zero-order valence-corrected chi connectivity index (χ0v) is 16.1. The number of nitrogens with one attached hydrogen (secondary N) is 2. The summed E-state index contributed by atoms with van der Waals surface area (Å²) in [5.41, 5.74) is 5.80. The minimum atomic E-state index is -3.74. The Morgan fingerprint density at radius 3 is 2.07 bits per heavy atom. The monoisotopic (exact) mass is 393 g/mol. The molecule has 0 atom stereocenters. The van der Waals surface area contributed by atoms with Crippen LogP contribution in [0.4, 0.5) is 10.1 Å². The number of sulfonamides is 1. The second-order valence-corrected chi connectivity index (χ2v) is 7.96. The summed E-state index contributed by atoms with van der Waals surface area (Å²) in [6.45, 7) is 3.96. The topological polar surface area (TPSA) is 101 Å². The maximum absolute atomic E-state index is 12.9. The molecule has 1 amide bonds. The van der Waals surface area contributed by atoms with Gasteiger partial charge in [0.25, 0.3) is 5.91 Å². The molecule has 27 heavy (non-hydrogen) atoms. The first kappa shape index (κ1) is 21.0. The molecule has 0 heterocycles. The summed E-state index contributed by atoms with van der Waals surface area (Å²) in [6.07, 6.45) is 1.15. The van der Waals surface area contributed by atoms with Gasteiger partial charge in [-0.1, -0.05) is 13.8 Å². The Labute approximate surface area is 159 Å². The molecule has 2 aromatic rings. The van der Waals surface area contributed by atoms with E-state index < -0.39 is 27.3 Å². The van der Waals surface area contributed by atoms with Gasteiger partial charge in [-0.3, -0.25) is 4.79 Å². The van der Waals surface area contributed by atoms with Crippen LogP contribution >= 0.6 is 0 Å². The van der Waals surface area contributed by atoms with E-state index >= 15 is 0 Å². The lowest BCUT2D eigenvalue weighted by atomic mass is 9.95. The number of hydrogen-bond donors (Lipinski definition) is 3. The fraction of sp³-hybridized carbons (Fsp3) is 0.316. The van der Waals surface area contributed by atoms with Gasteiger partial charge in [-0.2, -0.15) is 0 Å². The molecular weight excluding hydrogens is 369 g/mol. The molecule has 6 nitrogen and oxygen atoms in total. The van der Waals surface area contributed by atoms with Crippen LogP contribution in [0.1, 0.15) is 37.0 Å². The first-order valence-corrected chi connectivity index (χ1v) is 10.1. The minimum absolute atomic E-state index is 0.0852. The van der Waals surface area contributed by atoms with E-state index in [1.54, 1.807) is 0 Å². The van der Waals surface area contributed by atoms with Crippen LogP contribution in [0.5, 0.6) is 0 Å². The lowest BCUT2D eigenvalue weighted by molar-refractivity contribution is 0.102. The van der Waals surface area contributed by atoms with Crippen molar-refractivity contribution >= 4 is 21.6 Å². The van der Waals surface area contributed by atoms with Crippen LogP contribution in [0.3, 0.4) is 0 Å². The highest BCUT2D eigenvalue weighted by Gasteiger charge is 2.30. The number of halogens is 1. The summed E-state index contributed by atoms with van der Waals surface area (Å²) in [6, 6.07) is 11.0. The Kier molecular flexibility index (Phi) is 6.69. The van der Waals surface area contributed by atoms with Gasteiger partial charge in [-0.15, -0.1) is 0 Å². The molecule has 2 rings (SSSR count). The zero-order valence-electron chi connectivity index (χ0n) is 15.3. The lowest BCUT2D eigenvalue weighted by Crippen LogP contribution is -2.52. The largest absolute Gasteiger partial charge is 0.329 e. The standard InChI is InChI=1S/C19H24FN3O3S/c1-3-19(4-2,13-21)23-27(25,26)17-11-9-16(10-12-17)22-18(24)14-5-7-15(20)8-6-14/h5-12,23H,3-4,13,21H2,1-2H3,(H,22,24). The predicted octanol–water partition coefficient (Wildman–Crippen LogP) is 2.87. The summed E-state index contributed by atoms with van der Waals surface area (Å²) in [5.74, 6) is -0.843. The van der Waals surface area contributed by atoms with Crippen molar-refractivity contribution in [2.75, 3.05) is 11.9 Å².